The topological polar surface area (TPSA) is 49.4 Å². The summed E-state index contributed by atoms with van der Waals surface area (Å²) < 4.78 is 0. The van der Waals surface area contributed by atoms with Gasteiger partial charge in [-0.15, -0.1) is 11.8 Å². The molecule has 5 heteroatoms. The third kappa shape index (κ3) is 8.29. The van der Waals surface area contributed by atoms with Gasteiger partial charge in [0.1, 0.15) is 6.04 Å². The molecule has 0 aliphatic carbocycles. The Labute approximate surface area is 214 Å². The van der Waals surface area contributed by atoms with Gasteiger partial charge in [-0.3, -0.25) is 9.59 Å². The molecule has 0 fully saturated rings. The zero-order valence-electron chi connectivity index (χ0n) is 21.0. The SMILES string of the molecule is CCCNC(=O)C(Cc1ccccc1)N(Cc1ccccc1C)C(=O)CCSc1ccc(C)cc1. The van der Waals surface area contributed by atoms with E-state index in [1.165, 1.54) is 5.56 Å². The molecule has 35 heavy (non-hydrogen) atoms. The first kappa shape index (κ1) is 26.6. The van der Waals surface area contributed by atoms with E-state index >= 15 is 0 Å². The van der Waals surface area contributed by atoms with Gasteiger partial charge in [0.05, 0.1) is 0 Å². The Hall–Kier alpha value is -3.05. The molecule has 3 aromatic rings. The minimum Gasteiger partial charge on any atom is -0.354 e. The molecular weight excluding hydrogens is 452 g/mol. The molecule has 0 saturated carbocycles. The lowest BCUT2D eigenvalue weighted by Gasteiger charge is -2.32. The molecule has 0 saturated heterocycles. The molecule has 0 spiro atoms. The summed E-state index contributed by atoms with van der Waals surface area (Å²) in [6.07, 6.45) is 1.71. The average Bonchev–Trinajstić information content (AvgIpc) is 2.87. The lowest BCUT2D eigenvalue weighted by Crippen LogP contribution is -2.50. The van der Waals surface area contributed by atoms with Gasteiger partial charge >= 0.3 is 0 Å². The molecule has 0 aliphatic heterocycles. The van der Waals surface area contributed by atoms with E-state index in [0.29, 0.717) is 31.7 Å². The van der Waals surface area contributed by atoms with Gasteiger partial charge in [0.25, 0.3) is 0 Å². The Balaban J connectivity index is 1.83. The van der Waals surface area contributed by atoms with Crippen molar-refractivity contribution in [3.63, 3.8) is 0 Å². The summed E-state index contributed by atoms with van der Waals surface area (Å²) >= 11 is 1.67. The molecule has 0 aromatic heterocycles. The summed E-state index contributed by atoms with van der Waals surface area (Å²) in [6.45, 7) is 7.16. The highest BCUT2D eigenvalue weighted by molar-refractivity contribution is 7.99. The second-order valence-corrected chi connectivity index (χ2v) is 10.0. The summed E-state index contributed by atoms with van der Waals surface area (Å²) in [4.78, 5) is 29.9. The van der Waals surface area contributed by atoms with Crippen molar-refractivity contribution in [2.75, 3.05) is 12.3 Å². The maximum Gasteiger partial charge on any atom is 0.243 e. The molecule has 2 amide bonds. The normalized spacial score (nSPS) is 11.6. The third-order valence-corrected chi connectivity index (χ3v) is 7.04. The van der Waals surface area contributed by atoms with Crippen LogP contribution in [-0.4, -0.2) is 35.1 Å². The highest BCUT2D eigenvalue weighted by Crippen LogP contribution is 2.22. The second-order valence-electron chi connectivity index (χ2n) is 8.86. The number of hydrogen-bond donors (Lipinski definition) is 1. The first-order valence-corrected chi connectivity index (χ1v) is 13.3. The van der Waals surface area contributed by atoms with Crippen LogP contribution in [0.2, 0.25) is 0 Å². The Kier molecular flexibility index (Phi) is 10.4. The predicted molar refractivity (Wildman–Crippen MR) is 145 cm³/mol. The van der Waals surface area contributed by atoms with Crippen LogP contribution in [-0.2, 0) is 22.6 Å². The van der Waals surface area contributed by atoms with Crippen LogP contribution in [0.15, 0.2) is 83.8 Å². The maximum atomic E-state index is 13.6. The van der Waals surface area contributed by atoms with E-state index in [-0.39, 0.29) is 11.8 Å². The van der Waals surface area contributed by atoms with Gasteiger partial charge in [0, 0.05) is 36.6 Å². The van der Waals surface area contributed by atoms with Crippen LogP contribution in [0, 0.1) is 13.8 Å². The number of hydrogen-bond acceptors (Lipinski definition) is 3. The zero-order valence-corrected chi connectivity index (χ0v) is 21.8. The summed E-state index contributed by atoms with van der Waals surface area (Å²) in [6, 6.07) is 25.8. The minimum absolute atomic E-state index is 0.000411. The standard InChI is InChI=1S/C30H36N2O2S/c1-4-19-31-30(34)28(21-25-11-6-5-7-12-25)32(22-26-13-9-8-10-24(26)3)29(33)18-20-35-27-16-14-23(2)15-17-27/h5-17,28H,4,18-22H2,1-3H3,(H,31,34). The number of rotatable bonds is 12. The number of benzene rings is 3. The quantitative estimate of drug-likeness (QED) is 0.320. The fraction of sp³-hybridized carbons (Fsp3) is 0.333. The molecular formula is C30H36N2O2S. The Morgan fingerprint density at radius 3 is 2.29 bits per heavy atom. The van der Waals surface area contributed by atoms with Crippen molar-refractivity contribution in [3.05, 3.63) is 101 Å². The number of nitrogens with one attached hydrogen (secondary N) is 1. The van der Waals surface area contributed by atoms with E-state index in [9.17, 15) is 9.59 Å². The fourth-order valence-electron chi connectivity index (χ4n) is 3.93. The number of aryl methyl sites for hydroxylation is 2. The first-order chi connectivity index (χ1) is 17.0. The molecule has 0 heterocycles. The largest absolute Gasteiger partial charge is 0.354 e. The lowest BCUT2D eigenvalue weighted by atomic mass is 10.0. The summed E-state index contributed by atoms with van der Waals surface area (Å²) in [5.41, 5.74) is 4.44. The van der Waals surface area contributed by atoms with Gasteiger partial charge in [-0.2, -0.15) is 0 Å². The van der Waals surface area contributed by atoms with Crippen molar-refractivity contribution < 1.29 is 9.59 Å². The summed E-state index contributed by atoms with van der Waals surface area (Å²) in [5.74, 6) is 0.574. The number of carbonyl (C=O) groups is 2. The Morgan fingerprint density at radius 1 is 0.914 bits per heavy atom. The van der Waals surface area contributed by atoms with E-state index in [1.54, 1.807) is 16.7 Å². The van der Waals surface area contributed by atoms with Crippen LogP contribution >= 0.6 is 11.8 Å². The molecule has 0 radical (unpaired) electrons. The van der Waals surface area contributed by atoms with Crippen LogP contribution in [0.3, 0.4) is 0 Å². The number of nitrogens with zero attached hydrogens (tertiary/aromatic N) is 1. The van der Waals surface area contributed by atoms with Gasteiger partial charge in [0.2, 0.25) is 11.8 Å². The zero-order chi connectivity index (χ0) is 25.0. The number of carbonyl (C=O) groups excluding carboxylic acids is 2. The molecule has 1 N–H and O–H groups in total. The van der Waals surface area contributed by atoms with Crippen molar-refractivity contribution in [1.82, 2.24) is 10.2 Å². The van der Waals surface area contributed by atoms with Crippen molar-refractivity contribution in [1.29, 1.82) is 0 Å². The Morgan fingerprint density at radius 2 is 1.60 bits per heavy atom. The molecule has 1 unspecified atom stereocenters. The van der Waals surface area contributed by atoms with Crippen LogP contribution in [0.4, 0.5) is 0 Å². The van der Waals surface area contributed by atoms with E-state index in [0.717, 1.165) is 28.0 Å². The molecule has 3 aromatic carbocycles. The van der Waals surface area contributed by atoms with E-state index in [1.807, 2.05) is 55.5 Å². The van der Waals surface area contributed by atoms with Crippen LogP contribution < -0.4 is 5.32 Å². The van der Waals surface area contributed by atoms with Gasteiger partial charge in [-0.1, -0.05) is 79.2 Å². The average molecular weight is 489 g/mol. The predicted octanol–water partition coefficient (Wildman–Crippen LogP) is 5.95. The van der Waals surface area contributed by atoms with Gasteiger partial charge in [-0.05, 0) is 49.1 Å². The van der Waals surface area contributed by atoms with Crippen molar-refractivity contribution in [2.24, 2.45) is 0 Å². The van der Waals surface area contributed by atoms with Crippen molar-refractivity contribution in [3.8, 4) is 0 Å². The number of thioether (sulfide) groups is 1. The highest BCUT2D eigenvalue weighted by atomic mass is 32.2. The second kappa shape index (κ2) is 13.7. The first-order valence-electron chi connectivity index (χ1n) is 12.3. The lowest BCUT2D eigenvalue weighted by molar-refractivity contribution is -0.141. The van der Waals surface area contributed by atoms with E-state index in [4.69, 9.17) is 0 Å². The number of amides is 2. The van der Waals surface area contributed by atoms with E-state index < -0.39 is 6.04 Å². The minimum atomic E-state index is -0.569. The van der Waals surface area contributed by atoms with Gasteiger partial charge < -0.3 is 10.2 Å². The van der Waals surface area contributed by atoms with Gasteiger partial charge in [0.15, 0.2) is 0 Å². The molecule has 0 bridgehead atoms. The molecule has 3 rings (SSSR count). The van der Waals surface area contributed by atoms with E-state index in [2.05, 4.69) is 49.5 Å². The van der Waals surface area contributed by atoms with Gasteiger partial charge in [-0.25, -0.2) is 0 Å². The fourth-order valence-corrected chi connectivity index (χ4v) is 4.77. The smallest absolute Gasteiger partial charge is 0.243 e. The van der Waals surface area contributed by atoms with Crippen molar-refractivity contribution >= 4 is 23.6 Å². The molecule has 1 atom stereocenters. The summed E-state index contributed by atoms with van der Waals surface area (Å²) in [5, 5.41) is 3.04. The monoisotopic (exact) mass is 488 g/mol. The van der Waals surface area contributed by atoms with Crippen LogP contribution in [0.1, 0.15) is 42.0 Å². The van der Waals surface area contributed by atoms with Crippen LogP contribution in [0.25, 0.3) is 0 Å². The molecule has 4 nitrogen and oxygen atoms in total. The van der Waals surface area contributed by atoms with Crippen molar-refractivity contribution in [2.45, 2.75) is 57.5 Å². The maximum absolute atomic E-state index is 13.6. The third-order valence-electron chi connectivity index (χ3n) is 6.03. The Bertz CT molecular complexity index is 1080. The molecule has 0 aliphatic rings. The highest BCUT2D eigenvalue weighted by Gasteiger charge is 2.30. The van der Waals surface area contributed by atoms with Crippen LogP contribution in [0.5, 0.6) is 0 Å². The molecule has 184 valence electrons. The summed E-state index contributed by atoms with van der Waals surface area (Å²) in [7, 11) is 0.